The van der Waals surface area contributed by atoms with Gasteiger partial charge >= 0.3 is 5.97 Å². The molecule has 48 valence electrons. The number of aromatic nitrogens is 1. The molecule has 9 heavy (non-hydrogen) atoms. The average molecular weight is 144 g/mol. The second-order valence-electron chi connectivity index (χ2n) is 1.27. The third-order valence-electron chi connectivity index (χ3n) is 0.741. The first-order valence-electron chi connectivity index (χ1n) is 2.14. The first-order valence-corrected chi connectivity index (χ1v) is 3.02. The minimum absolute atomic E-state index is 0.414. The summed E-state index contributed by atoms with van der Waals surface area (Å²) in [6, 6.07) is 0. The monoisotopic (exact) mass is 144 g/mol. The summed E-state index contributed by atoms with van der Waals surface area (Å²) in [5, 5.41) is 0. The zero-order valence-electron chi connectivity index (χ0n) is 4.40. The molecule has 0 aromatic carbocycles. The molecule has 1 heterocycles. The first-order chi connectivity index (χ1) is 4.34. The van der Waals surface area contributed by atoms with Crippen LogP contribution in [-0.4, -0.2) is 11.0 Å². The Labute approximate surface area is 55.2 Å². The molecular weight excluding hydrogens is 140 g/mol. The van der Waals surface area contributed by atoms with E-state index in [0.717, 1.165) is 0 Å². The van der Waals surface area contributed by atoms with Crippen LogP contribution in [0.4, 0.5) is 0 Å². The fourth-order valence-electron chi connectivity index (χ4n) is 0.375. The molecule has 0 saturated heterocycles. The number of hydrogen-bond donors (Lipinski definition) is 1. The molecule has 1 aromatic rings. The van der Waals surface area contributed by atoms with Gasteiger partial charge in [0, 0.05) is 0 Å². The molecule has 0 aliphatic rings. The smallest absolute Gasteiger partial charge is 0.368 e. The number of carbonyl (C=O) groups excluding carboxylic acids is 1. The lowest BCUT2D eigenvalue weighted by Gasteiger charge is -1.88. The highest BCUT2D eigenvalue weighted by molar-refractivity contribution is 7.11. The van der Waals surface area contributed by atoms with E-state index in [1.54, 1.807) is 0 Å². The molecule has 0 bridgehead atoms. The second kappa shape index (κ2) is 2.56. The molecule has 0 aliphatic heterocycles. The van der Waals surface area contributed by atoms with E-state index in [1.165, 1.54) is 23.0 Å². The van der Waals surface area contributed by atoms with E-state index < -0.39 is 5.97 Å². The van der Waals surface area contributed by atoms with Crippen LogP contribution in [0.1, 0.15) is 9.67 Å². The van der Waals surface area contributed by atoms with E-state index in [-0.39, 0.29) is 0 Å². The summed E-state index contributed by atoms with van der Waals surface area (Å²) < 4.78 is 0. The number of hydrogen-bond acceptors (Lipinski definition) is 5. The lowest BCUT2D eigenvalue weighted by atomic mass is 10.6. The number of nitrogens with zero attached hydrogens (tertiary/aromatic N) is 1. The van der Waals surface area contributed by atoms with Gasteiger partial charge in [-0.2, -0.15) is 5.90 Å². The average Bonchev–Trinajstić information content (AvgIpc) is 2.37. The summed E-state index contributed by atoms with van der Waals surface area (Å²) in [6.07, 6.45) is 1.40. The van der Waals surface area contributed by atoms with Crippen molar-refractivity contribution in [3.8, 4) is 0 Å². The Morgan fingerprint density at radius 1 is 1.89 bits per heavy atom. The predicted molar refractivity (Wildman–Crippen MR) is 31.7 cm³/mol. The van der Waals surface area contributed by atoms with Crippen molar-refractivity contribution < 1.29 is 9.63 Å². The van der Waals surface area contributed by atoms with Crippen LogP contribution >= 0.6 is 11.3 Å². The summed E-state index contributed by atoms with van der Waals surface area (Å²) in [4.78, 5) is 18.5. The quantitative estimate of drug-likeness (QED) is 0.571. The second-order valence-corrected chi connectivity index (χ2v) is 2.16. The minimum Gasteiger partial charge on any atom is -0.369 e. The Balaban J connectivity index is 2.77. The maximum absolute atomic E-state index is 10.5. The Bertz CT molecular complexity index is 196. The van der Waals surface area contributed by atoms with Crippen molar-refractivity contribution in [1.82, 2.24) is 4.98 Å². The Morgan fingerprint density at radius 2 is 2.67 bits per heavy atom. The Hall–Kier alpha value is -0.940. The van der Waals surface area contributed by atoms with Crippen LogP contribution in [0, 0.1) is 0 Å². The van der Waals surface area contributed by atoms with Crippen LogP contribution in [0.25, 0.3) is 0 Å². The van der Waals surface area contributed by atoms with Gasteiger partial charge in [-0.3, -0.25) is 4.98 Å². The maximum atomic E-state index is 10.5. The molecule has 0 aliphatic carbocycles. The molecule has 4 nitrogen and oxygen atoms in total. The van der Waals surface area contributed by atoms with Crippen molar-refractivity contribution in [2.24, 2.45) is 5.90 Å². The van der Waals surface area contributed by atoms with E-state index in [9.17, 15) is 4.79 Å². The van der Waals surface area contributed by atoms with Crippen LogP contribution in [0.15, 0.2) is 11.7 Å². The topological polar surface area (TPSA) is 65.2 Å². The summed E-state index contributed by atoms with van der Waals surface area (Å²) in [6.45, 7) is 0. The van der Waals surface area contributed by atoms with E-state index >= 15 is 0 Å². The Kier molecular flexibility index (Phi) is 1.76. The van der Waals surface area contributed by atoms with Crippen molar-refractivity contribution in [3.63, 3.8) is 0 Å². The third kappa shape index (κ3) is 1.24. The first kappa shape index (κ1) is 6.18. The van der Waals surface area contributed by atoms with Crippen molar-refractivity contribution in [2.45, 2.75) is 0 Å². The number of carbonyl (C=O) groups is 1. The molecule has 0 radical (unpaired) electrons. The van der Waals surface area contributed by atoms with E-state index in [1.807, 2.05) is 0 Å². The molecule has 2 N–H and O–H groups in total. The highest BCUT2D eigenvalue weighted by Gasteiger charge is 2.05. The zero-order valence-corrected chi connectivity index (χ0v) is 5.22. The molecule has 0 amide bonds. The van der Waals surface area contributed by atoms with Gasteiger partial charge in [0.05, 0.1) is 11.7 Å². The van der Waals surface area contributed by atoms with Crippen LogP contribution in [-0.2, 0) is 4.84 Å². The zero-order chi connectivity index (χ0) is 6.69. The lowest BCUT2D eigenvalue weighted by molar-refractivity contribution is 0.0509. The summed E-state index contributed by atoms with van der Waals surface area (Å²) in [5.41, 5.74) is 1.53. The van der Waals surface area contributed by atoms with E-state index in [2.05, 4.69) is 15.7 Å². The van der Waals surface area contributed by atoms with Gasteiger partial charge in [0.25, 0.3) is 0 Å². The molecule has 0 saturated carbocycles. The minimum atomic E-state index is -0.544. The third-order valence-corrected chi connectivity index (χ3v) is 1.49. The SMILES string of the molecule is NOC(=O)c1cncs1. The van der Waals surface area contributed by atoms with Crippen LogP contribution in [0.2, 0.25) is 0 Å². The summed E-state index contributed by atoms with van der Waals surface area (Å²) in [5.74, 6) is 4.05. The van der Waals surface area contributed by atoms with Crippen molar-refractivity contribution >= 4 is 17.3 Å². The molecule has 1 aromatic heterocycles. The fraction of sp³-hybridized carbons (Fsp3) is 0. The number of nitrogens with two attached hydrogens (primary N) is 1. The molecular formula is C4H4N2O2S. The normalized spacial score (nSPS) is 9.00. The summed E-state index contributed by atoms with van der Waals surface area (Å²) in [7, 11) is 0. The summed E-state index contributed by atoms with van der Waals surface area (Å²) >= 11 is 1.19. The van der Waals surface area contributed by atoms with Crippen LogP contribution in [0.3, 0.4) is 0 Å². The number of rotatable bonds is 1. The fourth-order valence-corrected chi connectivity index (χ4v) is 0.876. The van der Waals surface area contributed by atoms with Crippen LogP contribution in [0.5, 0.6) is 0 Å². The van der Waals surface area contributed by atoms with Gasteiger partial charge in [-0.05, 0) is 0 Å². The Morgan fingerprint density at radius 3 is 3.11 bits per heavy atom. The van der Waals surface area contributed by atoms with Gasteiger partial charge in [-0.25, -0.2) is 4.79 Å². The van der Waals surface area contributed by atoms with Crippen LogP contribution < -0.4 is 5.90 Å². The van der Waals surface area contributed by atoms with E-state index in [0.29, 0.717) is 4.88 Å². The van der Waals surface area contributed by atoms with Crippen molar-refractivity contribution in [2.75, 3.05) is 0 Å². The molecule has 1 rings (SSSR count). The van der Waals surface area contributed by atoms with E-state index in [4.69, 9.17) is 0 Å². The highest BCUT2D eigenvalue weighted by atomic mass is 32.1. The molecule has 5 heteroatoms. The van der Waals surface area contributed by atoms with Gasteiger partial charge in [0.1, 0.15) is 4.88 Å². The predicted octanol–water partition coefficient (Wildman–Crippen LogP) is 0.174. The number of thiazole rings is 1. The largest absolute Gasteiger partial charge is 0.369 e. The molecule has 0 fully saturated rings. The van der Waals surface area contributed by atoms with Gasteiger partial charge in [-0.1, -0.05) is 0 Å². The van der Waals surface area contributed by atoms with Gasteiger partial charge < -0.3 is 4.84 Å². The molecule has 0 unspecified atom stereocenters. The van der Waals surface area contributed by atoms with Gasteiger partial charge in [0.2, 0.25) is 0 Å². The standard InChI is InChI=1S/C4H4N2O2S/c5-8-4(7)3-1-6-2-9-3/h1-2H,5H2. The highest BCUT2D eigenvalue weighted by Crippen LogP contribution is 2.04. The molecule has 0 atom stereocenters. The van der Waals surface area contributed by atoms with Gasteiger partial charge in [0.15, 0.2) is 0 Å². The van der Waals surface area contributed by atoms with Crippen molar-refractivity contribution in [3.05, 3.63) is 16.6 Å². The molecule has 0 spiro atoms. The maximum Gasteiger partial charge on any atom is 0.368 e. The van der Waals surface area contributed by atoms with Gasteiger partial charge in [-0.15, -0.1) is 11.3 Å². The van der Waals surface area contributed by atoms with Crippen molar-refractivity contribution in [1.29, 1.82) is 0 Å². The lowest BCUT2D eigenvalue weighted by Crippen LogP contribution is -2.07.